The molecule has 0 fully saturated rings. The molecule has 4 heteroatoms. The molecule has 40 valence electrons. The smallest absolute Gasteiger partial charge is 0.244 e. The molecule has 0 radical (unpaired) electrons. The van der Waals surface area contributed by atoms with Crippen molar-refractivity contribution in [3.05, 3.63) is 18.6 Å². The number of hydrogen-bond donors (Lipinski definition) is 0. The van der Waals surface area contributed by atoms with Gasteiger partial charge in [0.15, 0.2) is 0 Å². The highest BCUT2D eigenvalue weighted by Gasteiger charge is 2.03. The van der Waals surface area contributed by atoms with Crippen molar-refractivity contribution in [2.24, 2.45) is 0 Å². The van der Waals surface area contributed by atoms with Crippen molar-refractivity contribution in [2.45, 2.75) is 5.03 Å². The summed E-state index contributed by atoms with van der Waals surface area (Å²) in [6.45, 7) is 0. The maximum absolute atomic E-state index is 9.96. The highest BCUT2D eigenvalue weighted by molar-refractivity contribution is 7.65. The Labute approximate surface area is 50.3 Å². The SMILES string of the molecule is O=[S+]c1ccncn1. The van der Waals surface area contributed by atoms with Gasteiger partial charge in [-0.15, -0.1) is 0 Å². The van der Waals surface area contributed by atoms with Crippen LogP contribution in [0, 0.1) is 0 Å². The summed E-state index contributed by atoms with van der Waals surface area (Å²) in [7, 11) is 0. The van der Waals surface area contributed by atoms with Gasteiger partial charge in [0.25, 0.3) is 0 Å². The third-order valence-electron chi connectivity index (χ3n) is 0.640. The van der Waals surface area contributed by atoms with Crippen LogP contribution in [0.3, 0.4) is 0 Å². The summed E-state index contributed by atoms with van der Waals surface area (Å²) in [5.41, 5.74) is 0. The Kier molecular flexibility index (Phi) is 1.58. The molecule has 8 heavy (non-hydrogen) atoms. The molecule has 1 aromatic rings. The minimum Gasteiger partial charge on any atom is -0.244 e. The Morgan fingerprint density at radius 1 is 1.62 bits per heavy atom. The van der Waals surface area contributed by atoms with Crippen molar-refractivity contribution in [3.8, 4) is 0 Å². The van der Waals surface area contributed by atoms with E-state index in [9.17, 15) is 4.21 Å². The van der Waals surface area contributed by atoms with E-state index in [-0.39, 0.29) is 0 Å². The maximum atomic E-state index is 9.96. The Morgan fingerprint density at radius 3 is 2.88 bits per heavy atom. The molecule has 1 aromatic heterocycles. The molecule has 0 saturated heterocycles. The quantitative estimate of drug-likeness (QED) is 0.401. The number of rotatable bonds is 1. The summed E-state index contributed by atoms with van der Waals surface area (Å²) >= 11 is 0.368. The van der Waals surface area contributed by atoms with Crippen LogP contribution in [0.1, 0.15) is 0 Å². The third kappa shape index (κ3) is 1.04. The summed E-state index contributed by atoms with van der Waals surface area (Å²) in [5, 5.41) is 0.458. The van der Waals surface area contributed by atoms with Gasteiger partial charge < -0.3 is 0 Å². The van der Waals surface area contributed by atoms with Gasteiger partial charge in [-0.1, -0.05) is 0 Å². The lowest BCUT2D eigenvalue weighted by atomic mass is 10.7. The van der Waals surface area contributed by atoms with Gasteiger partial charge in [-0.2, -0.15) is 4.98 Å². The standard InChI is InChI=1S/C4H3N2OS/c7-8-4-1-2-5-3-6-4/h1-3H/q+1. The lowest BCUT2D eigenvalue weighted by molar-refractivity contribution is 0.603. The van der Waals surface area contributed by atoms with Gasteiger partial charge in [0.2, 0.25) is 0 Å². The molecule has 0 saturated carbocycles. The second kappa shape index (κ2) is 2.42. The van der Waals surface area contributed by atoms with E-state index < -0.39 is 0 Å². The van der Waals surface area contributed by atoms with Gasteiger partial charge in [-0.25, -0.2) is 4.98 Å². The number of hydrogen-bond acceptors (Lipinski definition) is 3. The van der Waals surface area contributed by atoms with E-state index >= 15 is 0 Å². The zero-order chi connectivity index (χ0) is 5.82. The normalized spacial score (nSPS) is 8.50. The molecule has 1 heterocycles. The van der Waals surface area contributed by atoms with E-state index in [0.29, 0.717) is 16.7 Å². The molecule has 3 nitrogen and oxygen atoms in total. The van der Waals surface area contributed by atoms with Crippen molar-refractivity contribution >= 4 is 11.7 Å². The predicted molar refractivity (Wildman–Crippen MR) is 28.3 cm³/mol. The van der Waals surface area contributed by atoms with E-state index in [4.69, 9.17) is 0 Å². The zero-order valence-electron chi connectivity index (χ0n) is 3.94. The van der Waals surface area contributed by atoms with Crippen LogP contribution in [0.2, 0.25) is 0 Å². The van der Waals surface area contributed by atoms with Crippen molar-refractivity contribution in [2.75, 3.05) is 0 Å². The molecule has 0 atom stereocenters. The Bertz CT molecular complexity index is 177. The predicted octanol–water partition coefficient (Wildman–Crippen LogP) is 0.264. The Hall–Kier alpha value is -0.900. The van der Waals surface area contributed by atoms with Gasteiger partial charge in [0.05, 0.1) is 0 Å². The molecule has 0 aliphatic rings. The molecule has 0 amide bonds. The first kappa shape index (κ1) is 5.24. The first-order valence-corrected chi connectivity index (χ1v) is 2.73. The average Bonchev–Trinajstić information content (AvgIpc) is 1.90. The summed E-state index contributed by atoms with van der Waals surface area (Å²) in [6.07, 6.45) is 2.88. The van der Waals surface area contributed by atoms with E-state index in [2.05, 4.69) is 9.97 Å². The van der Waals surface area contributed by atoms with Crippen LogP contribution in [-0.4, -0.2) is 9.97 Å². The third-order valence-corrected chi connectivity index (χ3v) is 1.05. The van der Waals surface area contributed by atoms with Crippen molar-refractivity contribution in [1.82, 2.24) is 9.97 Å². The average molecular weight is 127 g/mol. The zero-order valence-corrected chi connectivity index (χ0v) is 4.76. The Balaban J connectivity index is 2.99. The summed E-state index contributed by atoms with van der Waals surface area (Å²) < 4.78 is 9.96. The molecule has 0 spiro atoms. The first-order valence-electron chi connectivity index (χ1n) is 1.99. The second-order valence-electron chi connectivity index (χ2n) is 1.13. The van der Waals surface area contributed by atoms with Gasteiger partial charge in [0, 0.05) is 16.5 Å². The fraction of sp³-hybridized carbons (Fsp3) is 0. The lowest BCUT2D eigenvalue weighted by Gasteiger charge is -1.70. The van der Waals surface area contributed by atoms with E-state index in [1.54, 1.807) is 6.07 Å². The van der Waals surface area contributed by atoms with Gasteiger partial charge in [-0.05, 0) is 0 Å². The largest absolute Gasteiger partial charge is 0.527 e. The highest BCUT2D eigenvalue weighted by Crippen LogP contribution is 1.86. The molecular formula is C4H3N2OS+. The maximum Gasteiger partial charge on any atom is 0.527 e. The summed E-state index contributed by atoms with van der Waals surface area (Å²) in [5.74, 6) is 0. The lowest BCUT2D eigenvalue weighted by Crippen LogP contribution is -1.79. The molecule has 0 N–H and O–H groups in total. The van der Waals surface area contributed by atoms with Crippen LogP contribution in [0.15, 0.2) is 23.6 Å². The summed E-state index contributed by atoms with van der Waals surface area (Å²) in [6, 6.07) is 1.57. The fourth-order valence-electron chi connectivity index (χ4n) is 0.328. The van der Waals surface area contributed by atoms with Crippen LogP contribution in [0.4, 0.5) is 0 Å². The van der Waals surface area contributed by atoms with Crippen molar-refractivity contribution in [3.63, 3.8) is 0 Å². The molecule has 1 rings (SSSR count). The van der Waals surface area contributed by atoms with E-state index in [1.165, 1.54) is 12.5 Å². The van der Waals surface area contributed by atoms with E-state index in [1.807, 2.05) is 0 Å². The van der Waals surface area contributed by atoms with Crippen LogP contribution < -0.4 is 0 Å². The molecule has 0 unspecified atom stereocenters. The minimum atomic E-state index is 0.368. The topological polar surface area (TPSA) is 42.9 Å². The summed E-state index contributed by atoms with van der Waals surface area (Å²) in [4.78, 5) is 7.27. The van der Waals surface area contributed by atoms with E-state index in [0.717, 1.165) is 0 Å². The number of aromatic nitrogens is 2. The van der Waals surface area contributed by atoms with Crippen LogP contribution in [0.25, 0.3) is 0 Å². The highest BCUT2D eigenvalue weighted by atomic mass is 32.1. The molecular weight excluding hydrogens is 124 g/mol. The fourth-order valence-corrected chi connectivity index (χ4v) is 0.534. The minimum absolute atomic E-state index is 0.368. The van der Waals surface area contributed by atoms with Crippen molar-refractivity contribution in [1.29, 1.82) is 0 Å². The monoisotopic (exact) mass is 127 g/mol. The van der Waals surface area contributed by atoms with Crippen LogP contribution in [-0.2, 0) is 15.9 Å². The van der Waals surface area contributed by atoms with Crippen molar-refractivity contribution < 1.29 is 4.21 Å². The molecule has 0 aliphatic heterocycles. The second-order valence-corrected chi connectivity index (χ2v) is 1.72. The first-order chi connectivity index (χ1) is 3.93. The molecule has 0 bridgehead atoms. The van der Waals surface area contributed by atoms with Crippen LogP contribution >= 0.6 is 0 Å². The molecule has 0 aliphatic carbocycles. The Morgan fingerprint density at radius 2 is 2.50 bits per heavy atom. The van der Waals surface area contributed by atoms with Gasteiger partial charge in [-0.3, -0.25) is 0 Å². The van der Waals surface area contributed by atoms with Crippen LogP contribution in [0.5, 0.6) is 0 Å². The van der Waals surface area contributed by atoms with Gasteiger partial charge >= 0.3 is 16.7 Å². The molecule has 0 aromatic carbocycles. The number of nitrogens with zero attached hydrogens (tertiary/aromatic N) is 2. The van der Waals surface area contributed by atoms with Gasteiger partial charge in [0.1, 0.15) is 6.33 Å².